The molecule has 26 heavy (non-hydrogen) atoms. The minimum absolute atomic E-state index is 0.0601. The lowest BCUT2D eigenvalue weighted by atomic mass is 9.80. The summed E-state index contributed by atoms with van der Waals surface area (Å²) in [5, 5.41) is 9.67. The number of hydrogen-bond acceptors (Lipinski definition) is 5. The number of nitrogens with one attached hydrogen (secondary N) is 1. The van der Waals surface area contributed by atoms with Crippen LogP contribution in [-0.2, 0) is 20.7 Å². The summed E-state index contributed by atoms with van der Waals surface area (Å²) in [6, 6.07) is 2.21. The van der Waals surface area contributed by atoms with Crippen molar-refractivity contribution in [1.29, 1.82) is 5.26 Å². The number of aromatic nitrogens is 2. The molecule has 3 aliphatic rings. The van der Waals surface area contributed by atoms with Gasteiger partial charge in [-0.1, -0.05) is 0 Å². The van der Waals surface area contributed by atoms with E-state index < -0.39 is 5.41 Å². The molecule has 1 N–H and O–H groups in total. The standard InChI is InChI=1S/C18H23N5O3/c19-11-18(3-7-26-8-4-18)17(25)23-6-2-14-15(23)9-16(24)22(14)5-1-13-10-20-12-21-13/h10,12,14-15H,1-9H2,(H,20,21)/t14-,15-/m0/s1. The number of carbonyl (C=O) groups excluding carboxylic acids is 2. The zero-order valence-corrected chi connectivity index (χ0v) is 14.7. The number of nitrogens with zero attached hydrogens (tertiary/aromatic N) is 4. The first kappa shape index (κ1) is 17.0. The third-order valence-electron chi connectivity index (χ3n) is 6.02. The number of imidazole rings is 1. The smallest absolute Gasteiger partial charge is 0.243 e. The molecule has 3 aliphatic heterocycles. The highest BCUT2D eigenvalue weighted by Gasteiger charge is 2.52. The van der Waals surface area contributed by atoms with Crippen LogP contribution in [0.4, 0.5) is 0 Å². The topological polar surface area (TPSA) is 102 Å². The molecule has 0 aliphatic carbocycles. The van der Waals surface area contributed by atoms with E-state index in [1.165, 1.54) is 0 Å². The predicted molar refractivity (Wildman–Crippen MR) is 90.6 cm³/mol. The highest BCUT2D eigenvalue weighted by Crippen LogP contribution is 2.38. The van der Waals surface area contributed by atoms with Gasteiger partial charge in [-0.05, 0) is 19.3 Å². The molecule has 8 heteroatoms. The van der Waals surface area contributed by atoms with Crippen LogP contribution in [0.3, 0.4) is 0 Å². The molecule has 0 aromatic carbocycles. The number of amides is 2. The normalized spacial score (nSPS) is 27.4. The second-order valence-corrected chi connectivity index (χ2v) is 7.35. The fraction of sp³-hybridized carbons (Fsp3) is 0.667. The Kier molecular flexibility index (Phi) is 4.41. The largest absolute Gasteiger partial charge is 0.381 e. The van der Waals surface area contributed by atoms with Gasteiger partial charge >= 0.3 is 0 Å². The maximum Gasteiger partial charge on any atom is 0.243 e. The fourth-order valence-electron chi connectivity index (χ4n) is 4.50. The van der Waals surface area contributed by atoms with Crippen LogP contribution < -0.4 is 0 Å². The van der Waals surface area contributed by atoms with Crippen molar-refractivity contribution in [2.45, 2.75) is 44.2 Å². The quantitative estimate of drug-likeness (QED) is 0.844. The average Bonchev–Trinajstić information content (AvgIpc) is 3.38. The lowest BCUT2D eigenvalue weighted by molar-refractivity contribution is -0.144. The van der Waals surface area contributed by atoms with Crippen molar-refractivity contribution in [3.8, 4) is 6.07 Å². The van der Waals surface area contributed by atoms with Crippen LogP contribution >= 0.6 is 0 Å². The molecule has 0 spiro atoms. The van der Waals surface area contributed by atoms with Gasteiger partial charge in [0, 0.05) is 51.0 Å². The van der Waals surface area contributed by atoms with Gasteiger partial charge in [0.05, 0.1) is 24.5 Å². The third kappa shape index (κ3) is 2.76. The van der Waals surface area contributed by atoms with Crippen LogP contribution in [0.15, 0.2) is 12.5 Å². The van der Waals surface area contributed by atoms with E-state index in [1.54, 1.807) is 17.4 Å². The van der Waals surface area contributed by atoms with E-state index in [4.69, 9.17) is 4.74 Å². The molecule has 4 rings (SSSR count). The van der Waals surface area contributed by atoms with E-state index in [-0.39, 0.29) is 23.9 Å². The molecule has 0 bridgehead atoms. The molecule has 1 aromatic heterocycles. The molecular formula is C18H23N5O3. The number of fused-ring (bicyclic) bond motifs is 1. The van der Waals surface area contributed by atoms with E-state index in [0.29, 0.717) is 45.6 Å². The first-order valence-electron chi connectivity index (χ1n) is 9.21. The summed E-state index contributed by atoms with van der Waals surface area (Å²) in [6.07, 6.45) is 6.14. The van der Waals surface area contributed by atoms with Gasteiger partial charge in [0.15, 0.2) is 0 Å². The Morgan fingerprint density at radius 3 is 2.92 bits per heavy atom. The zero-order chi connectivity index (χ0) is 18.1. The molecule has 2 atom stereocenters. The van der Waals surface area contributed by atoms with Gasteiger partial charge in [0.2, 0.25) is 11.8 Å². The van der Waals surface area contributed by atoms with Crippen molar-refractivity contribution < 1.29 is 14.3 Å². The van der Waals surface area contributed by atoms with E-state index in [1.807, 2.05) is 4.90 Å². The molecule has 1 aromatic rings. The van der Waals surface area contributed by atoms with Gasteiger partial charge in [-0.25, -0.2) is 4.98 Å². The third-order valence-corrected chi connectivity index (χ3v) is 6.02. The maximum atomic E-state index is 13.2. The van der Waals surface area contributed by atoms with Gasteiger partial charge in [0.25, 0.3) is 0 Å². The first-order valence-corrected chi connectivity index (χ1v) is 9.21. The van der Waals surface area contributed by atoms with E-state index in [2.05, 4.69) is 16.0 Å². The van der Waals surface area contributed by atoms with Crippen LogP contribution in [0.5, 0.6) is 0 Å². The molecule has 4 heterocycles. The number of nitriles is 1. The zero-order valence-electron chi connectivity index (χ0n) is 14.7. The van der Waals surface area contributed by atoms with Crippen molar-refractivity contribution in [2.75, 3.05) is 26.3 Å². The Morgan fingerprint density at radius 1 is 1.42 bits per heavy atom. The van der Waals surface area contributed by atoms with Gasteiger partial charge in [0.1, 0.15) is 5.41 Å². The summed E-state index contributed by atoms with van der Waals surface area (Å²) in [5.74, 6) is -0.0194. The maximum absolute atomic E-state index is 13.2. The molecule has 0 saturated carbocycles. The van der Waals surface area contributed by atoms with E-state index >= 15 is 0 Å². The lowest BCUT2D eigenvalue weighted by Gasteiger charge is -2.35. The number of rotatable bonds is 4. The summed E-state index contributed by atoms with van der Waals surface area (Å²) >= 11 is 0. The van der Waals surface area contributed by atoms with Gasteiger partial charge < -0.3 is 19.5 Å². The number of aromatic amines is 1. The Hall–Kier alpha value is -2.40. The minimum atomic E-state index is -0.987. The van der Waals surface area contributed by atoms with Crippen LogP contribution in [0.25, 0.3) is 0 Å². The molecule has 8 nitrogen and oxygen atoms in total. The Labute approximate surface area is 152 Å². The number of likely N-dealkylation sites (tertiary alicyclic amines) is 2. The summed E-state index contributed by atoms with van der Waals surface area (Å²) in [6.45, 7) is 2.13. The van der Waals surface area contributed by atoms with Crippen molar-refractivity contribution in [2.24, 2.45) is 5.41 Å². The second-order valence-electron chi connectivity index (χ2n) is 7.35. The lowest BCUT2D eigenvalue weighted by Crippen LogP contribution is -2.49. The van der Waals surface area contributed by atoms with Crippen molar-refractivity contribution in [3.63, 3.8) is 0 Å². The molecule has 0 unspecified atom stereocenters. The second kappa shape index (κ2) is 6.72. The Bertz CT molecular complexity index is 720. The molecule has 138 valence electrons. The molecule has 3 saturated heterocycles. The van der Waals surface area contributed by atoms with Crippen LogP contribution in [-0.4, -0.2) is 70.0 Å². The molecule has 0 radical (unpaired) electrons. The summed E-state index contributed by atoms with van der Waals surface area (Å²) in [4.78, 5) is 36.4. The summed E-state index contributed by atoms with van der Waals surface area (Å²) in [7, 11) is 0. The monoisotopic (exact) mass is 357 g/mol. The van der Waals surface area contributed by atoms with Gasteiger partial charge in [-0.15, -0.1) is 0 Å². The summed E-state index contributed by atoms with van der Waals surface area (Å²) in [5.41, 5.74) is 0.0114. The average molecular weight is 357 g/mol. The SMILES string of the molecule is N#CC1(C(=O)N2CC[C@H]3[C@@H]2CC(=O)N3CCc2cnc[nH]2)CCOCC1. The predicted octanol–water partition coefficient (Wildman–Crippen LogP) is 0.474. The van der Waals surface area contributed by atoms with Crippen LogP contribution in [0.2, 0.25) is 0 Å². The molecule has 2 amide bonds. The Balaban J connectivity index is 1.46. The number of H-pyrrole nitrogens is 1. The van der Waals surface area contributed by atoms with Crippen molar-refractivity contribution in [3.05, 3.63) is 18.2 Å². The minimum Gasteiger partial charge on any atom is -0.381 e. The molecule has 3 fully saturated rings. The van der Waals surface area contributed by atoms with Gasteiger partial charge in [-0.3, -0.25) is 9.59 Å². The van der Waals surface area contributed by atoms with E-state index in [9.17, 15) is 14.9 Å². The van der Waals surface area contributed by atoms with Crippen LogP contribution in [0.1, 0.15) is 31.4 Å². The highest BCUT2D eigenvalue weighted by atomic mass is 16.5. The Morgan fingerprint density at radius 2 is 2.23 bits per heavy atom. The fourth-order valence-corrected chi connectivity index (χ4v) is 4.50. The number of hydrogen-bond donors (Lipinski definition) is 1. The van der Waals surface area contributed by atoms with E-state index in [0.717, 1.165) is 18.5 Å². The summed E-state index contributed by atoms with van der Waals surface area (Å²) < 4.78 is 5.34. The highest BCUT2D eigenvalue weighted by molar-refractivity contribution is 5.88. The number of ether oxygens (including phenoxy) is 1. The van der Waals surface area contributed by atoms with Crippen molar-refractivity contribution >= 4 is 11.8 Å². The van der Waals surface area contributed by atoms with Crippen molar-refractivity contribution in [1.82, 2.24) is 19.8 Å². The first-order chi connectivity index (χ1) is 12.6. The molecular weight excluding hydrogens is 334 g/mol. The van der Waals surface area contributed by atoms with Gasteiger partial charge in [-0.2, -0.15) is 5.26 Å². The van der Waals surface area contributed by atoms with Crippen LogP contribution in [0, 0.1) is 16.7 Å². The number of carbonyl (C=O) groups is 2.